The van der Waals surface area contributed by atoms with Crippen LogP contribution in [0, 0.1) is 36.0 Å². The van der Waals surface area contributed by atoms with Gasteiger partial charge in [0.05, 0.1) is 12.8 Å². The van der Waals surface area contributed by atoms with E-state index in [1.165, 1.54) is 30.2 Å². The molecule has 0 unspecified atom stereocenters. The van der Waals surface area contributed by atoms with Crippen molar-refractivity contribution < 1.29 is 36.2 Å². The maximum Gasteiger partial charge on any atom is 0.281 e. The highest BCUT2D eigenvalue weighted by molar-refractivity contribution is 7.80. The number of methoxy groups -OCH3 is 1. The maximum atomic E-state index is 14.0. The summed E-state index contributed by atoms with van der Waals surface area (Å²) < 4.78 is 78.3. The van der Waals surface area contributed by atoms with Gasteiger partial charge >= 0.3 is 0 Å². The average molecular weight is 520 g/mol. The first-order chi connectivity index (χ1) is 17.1. The van der Waals surface area contributed by atoms with E-state index in [0.29, 0.717) is 11.3 Å². The molecule has 0 spiro atoms. The Morgan fingerprint density at radius 3 is 2.28 bits per heavy atom. The van der Waals surface area contributed by atoms with Crippen LogP contribution >= 0.6 is 12.2 Å². The zero-order valence-corrected chi connectivity index (χ0v) is 19.6. The molecular formula is C25H17F5N2O3S. The molecule has 5 nitrogen and oxygen atoms in total. The van der Waals surface area contributed by atoms with Gasteiger partial charge in [-0.25, -0.2) is 13.2 Å². The topological polar surface area (TPSA) is 50.8 Å². The number of nitrogens with one attached hydrogen (secondary N) is 1. The van der Waals surface area contributed by atoms with Gasteiger partial charge in [0, 0.05) is 5.56 Å². The molecule has 0 bridgehead atoms. The van der Waals surface area contributed by atoms with E-state index in [9.17, 15) is 26.7 Å². The van der Waals surface area contributed by atoms with Gasteiger partial charge < -0.3 is 14.8 Å². The Bertz CT molecular complexity index is 1400. The largest absolute Gasteiger partial charge is 0.496 e. The number of ether oxygens (including phenoxy) is 2. The van der Waals surface area contributed by atoms with Crippen molar-refractivity contribution in [2.45, 2.75) is 13.5 Å². The lowest BCUT2D eigenvalue weighted by molar-refractivity contribution is -0.113. The highest BCUT2D eigenvalue weighted by Crippen LogP contribution is 2.31. The van der Waals surface area contributed by atoms with Crippen molar-refractivity contribution in [2.24, 2.45) is 0 Å². The van der Waals surface area contributed by atoms with Crippen LogP contribution in [0.15, 0.2) is 48.2 Å². The number of nitrogens with zero attached hydrogens (tertiary/aromatic N) is 1. The normalized spacial score (nSPS) is 14.4. The number of amides is 1. The highest BCUT2D eigenvalue weighted by atomic mass is 32.1. The second-order valence-electron chi connectivity index (χ2n) is 7.73. The first-order valence-corrected chi connectivity index (χ1v) is 10.8. The highest BCUT2D eigenvalue weighted by Gasteiger charge is 2.32. The van der Waals surface area contributed by atoms with Crippen molar-refractivity contribution >= 4 is 35.0 Å². The van der Waals surface area contributed by atoms with Gasteiger partial charge in [-0.2, -0.15) is 8.78 Å². The van der Waals surface area contributed by atoms with Gasteiger partial charge in [-0.05, 0) is 60.6 Å². The fraction of sp³-hybridized carbons (Fsp3) is 0.120. The van der Waals surface area contributed by atoms with E-state index in [0.717, 1.165) is 5.56 Å². The molecule has 1 aliphatic rings. The number of halogens is 5. The molecule has 186 valence electrons. The molecule has 0 atom stereocenters. The van der Waals surface area contributed by atoms with Crippen LogP contribution < -0.4 is 19.7 Å². The van der Waals surface area contributed by atoms with Gasteiger partial charge in [-0.15, -0.1) is 0 Å². The minimum absolute atomic E-state index is 0.165. The lowest BCUT2D eigenvalue weighted by Crippen LogP contribution is -2.30. The Kier molecular flexibility index (Phi) is 6.93. The first kappa shape index (κ1) is 25.1. The van der Waals surface area contributed by atoms with Crippen molar-refractivity contribution in [2.75, 3.05) is 12.0 Å². The molecule has 36 heavy (non-hydrogen) atoms. The molecule has 1 saturated heterocycles. The summed E-state index contributed by atoms with van der Waals surface area (Å²) in [5.74, 6) is -12.3. The van der Waals surface area contributed by atoms with Crippen molar-refractivity contribution in [1.29, 1.82) is 0 Å². The summed E-state index contributed by atoms with van der Waals surface area (Å²) in [6.07, 6.45) is 1.49. The predicted octanol–water partition coefficient (Wildman–Crippen LogP) is 5.54. The van der Waals surface area contributed by atoms with Crippen LogP contribution in [0.5, 0.6) is 11.5 Å². The predicted molar refractivity (Wildman–Crippen MR) is 126 cm³/mol. The van der Waals surface area contributed by atoms with Crippen molar-refractivity contribution in [3.05, 3.63) is 93.9 Å². The second kappa shape index (κ2) is 9.94. The average Bonchev–Trinajstić information content (AvgIpc) is 3.14. The molecule has 1 heterocycles. The molecule has 0 saturated carbocycles. The van der Waals surface area contributed by atoms with Crippen molar-refractivity contribution in [1.82, 2.24) is 5.32 Å². The molecule has 0 aromatic heterocycles. The fourth-order valence-corrected chi connectivity index (χ4v) is 3.86. The number of hydrogen-bond donors (Lipinski definition) is 1. The molecular weight excluding hydrogens is 503 g/mol. The number of carbonyl (C=O) groups excluding carboxylic acids is 1. The van der Waals surface area contributed by atoms with E-state index < -0.39 is 47.3 Å². The zero-order chi connectivity index (χ0) is 26.1. The van der Waals surface area contributed by atoms with E-state index in [4.69, 9.17) is 21.7 Å². The monoisotopic (exact) mass is 520 g/mol. The summed E-state index contributed by atoms with van der Waals surface area (Å²) in [6.45, 7) is 1.29. The van der Waals surface area contributed by atoms with E-state index in [2.05, 4.69) is 5.32 Å². The zero-order valence-electron chi connectivity index (χ0n) is 18.8. The summed E-state index contributed by atoms with van der Waals surface area (Å²) in [6, 6.07) is 11.8. The Labute approximate surface area is 207 Å². The number of thiocarbonyl (C=S) groups is 1. The smallest absolute Gasteiger partial charge is 0.281 e. The van der Waals surface area contributed by atoms with E-state index >= 15 is 0 Å². The van der Waals surface area contributed by atoms with Crippen molar-refractivity contribution in [3.8, 4) is 11.5 Å². The van der Waals surface area contributed by atoms with Crippen LogP contribution in [0.4, 0.5) is 27.6 Å². The van der Waals surface area contributed by atoms with E-state index in [1.807, 2.05) is 13.0 Å². The first-order valence-electron chi connectivity index (χ1n) is 10.4. The van der Waals surface area contributed by atoms with Crippen LogP contribution in [0.2, 0.25) is 0 Å². The molecule has 3 aromatic rings. The minimum atomic E-state index is -2.28. The quantitative estimate of drug-likeness (QED) is 0.152. The lowest BCUT2D eigenvalue weighted by atomic mass is 10.1. The second-order valence-corrected chi connectivity index (χ2v) is 8.11. The molecule has 1 N–H and O–H groups in total. The van der Waals surface area contributed by atoms with Crippen LogP contribution in [0.1, 0.15) is 16.7 Å². The summed E-state index contributed by atoms with van der Waals surface area (Å²) in [5.41, 5.74) is 2.37. The summed E-state index contributed by atoms with van der Waals surface area (Å²) in [5, 5.41) is 3.03. The molecule has 0 aliphatic carbocycles. The van der Waals surface area contributed by atoms with Crippen LogP contribution in [-0.2, 0) is 11.4 Å². The standard InChI is InChI=1S/C25H17F5N2O3S/c1-12-4-3-5-15(8-12)32-24(33)16(31-25(32)36)10-13-6-7-17(34-2)14(9-13)11-35-23-21(29)19(27)18(26)20(28)22(23)30/h3-10H,11H2,1-2H3,(H,31,36)/b16-10+. The Morgan fingerprint density at radius 1 is 0.972 bits per heavy atom. The van der Waals surface area contributed by atoms with Crippen LogP contribution in [-0.4, -0.2) is 18.1 Å². The fourth-order valence-electron chi connectivity index (χ4n) is 3.57. The van der Waals surface area contributed by atoms with E-state index in [1.54, 1.807) is 24.3 Å². The summed E-state index contributed by atoms with van der Waals surface area (Å²) in [7, 11) is 1.33. The third kappa shape index (κ3) is 4.61. The van der Waals surface area contributed by atoms with Gasteiger partial charge in [0.2, 0.25) is 29.1 Å². The molecule has 1 fully saturated rings. The van der Waals surface area contributed by atoms with Gasteiger partial charge in [-0.3, -0.25) is 9.69 Å². The number of anilines is 1. The lowest BCUT2D eigenvalue weighted by Gasteiger charge is -2.14. The number of carbonyl (C=O) groups is 1. The molecule has 11 heteroatoms. The number of hydrogen-bond acceptors (Lipinski definition) is 4. The van der Waals surface area contributed by atoms with Gasteiger partial charge in [0.1, 0.15) is 18.1 Å². The minimum Gasteiger partial charge on any atom is -0.496 e. The number of aryl methyl sites for hydroxylation is 1. The molecule has 3 aromatic carbocycles. The number of rotatable bonds is 6. The third-order valence-corrected chi connectivity index (χ3v) is 5.58. The van der Waals surface area contributed by atoms with Gasteiger partial charge in [-0.1, -0.05) is 18.2 Å². The molecule has 1 aliphatic heterocycles. The van der Waals surface area contributed by atoms with Gasteiger partial charge in [0.25, 0.3) is 5.91 Å². The van der Waals surface area contributed by atoms with Crippen LogP contribution in [0.25, 0.3) is 6.08 Å². The Balaban J connectivity index is 1.62. The Morgan fingerprint density at radius 2 is 1.64 bits per heavy atom. The molecule has 0 radical (unpaired) electrons. The summed E-state index contributed by atoms with van der Waals surface area (Å²) >= 11 is 5.31. The summed E-state index contributed by atoms with van der Waals surface area (Å²) in [4.78, 5) is 14.3. The van der Waals surface area contributed by atoms with Crippen molar-refractivity contribution in [3.63, 3.8) is 0 Å². The Hall–Kier alpha value is -3.99. The van der Waals surface area contributed by atoms with E-state index in [-0.39, 0.29) is 22.1 Å². The van der Waals surface area contributed by atoms with Gasteiger partial charge in [0.15, 0.2) is 10.9 Å². The molecule has 4 rings (SSSR count). The maximum absolute atomic E-state index is 14.0. The molecule has 1 amide bonds. The SMILES string of the molecule is COc1ccc(/C=C2/NC(=S)N(c3cccc(C)c3)C2=O)cc1COc1c(F)c(F)c(F)c(F)c1F. The number of benzene rings is 3. The third-order valence-electron chi connectivity index (χ3n) is 5.30. The van der Waals surface area contributed by atoms with Crippen LogP contribution in [0.3, 0.4) is 0 Å².